The van der Waals surface area contributed by atoms with Crippen molar-refractivity contribution in [2.75, 3.05) is 26.2 Å². The molecule has 1 atom stereocenters. The van der Waals surface area contributed by atoms with E-state index in [9.17, 15) is 19.5 Å². The van der Waals surface area contributed by atoms with Crippen LogP contribution in [0, 0.1) is 0 Å². The van der Waals surface area contributed by atoms with E-state index in [1.54, 1.807) is 34.2 Å². The molecule has 8 nitrogen and oxygen atoms in total. The number of halogens is 1. The van der Waals surface area contributed by atoms with E-state index in [0.29, 0.717) is 47.7 Å². The number of rotatable bonds is 5. The second-order valence-corrected chi connectivity index (χ2v) is 6.99. The molecule has 1 saturated heterocycles. The molecule has 1 fully saturated rings. The molecular weight excluding hydrogens is 374 g/mol. The van der Waals surface area contributed by atoms with E-state index in [4.69, 9.17) is 16.7 Å². The number of hydrogen-bond donors (Lipinski definition) is 2. The number of benzene rings is 1. The molecule has 0 unspecified atom stereocenters. The highest BCUT2D eigenvalue weighted by atomic mass is 35.5. The van der Waals surface area contributed by atoms with E-state index < -0.39 is 18.0 Å². The number of aliphatic carboxylic acids is 2. The summed E-state index contributed by atoms with van der Waals surface area (Å²) in [5.74, 6) is -2.08. The van der Waals surface area contributed by atoms with Gasteiger partial charge in [0.2, 0.25) is 5.91 Å². The Labute approximate surface area is 160 Å². The van der Waals surface area contributed by atoms with Crippen molar-refractivity contribution in [2.45, 2.75) is 19.5 Å². The molecule has 1 amide bonds. The zero-order valence-corrected chi connectivity index (χ0v) is 15.5. The van der Waals surface area contributed by atoms with Crippen molar-refractivity contribution in [2.24, 2.45) is 0 Å². The van der Waals surface area contributed by atoms with E-state index in [2.05, 4.69) is 0 Å². The third-order valence-corrected chi connectivity index (χ3v) is 5.07. The summed E-state index contributed by atoms with van der Waals surface area (Å²) >= 11 is 6.05. The summed E-state index contributed by atoms with van der Waals surface area (Å²) < 4.78 is 1.50. The third-order valence-electron chi connectivity index (χ3n) is 4.83. The number of hydrogen-bond acceptors (Lipinski definition) is 4. The average Bonchev–Trinajstić information content (AvgIpc) is 2.92. The first-order valence-corrected chi connectivity index (χ1v) is 8.88. The highest BCUT2D eigenvalue weighted by Crippen LogP contribution is 2.32. The number of fused-ring (bicyclic) bond motifs is 1. The Morgan fingerprint density at radius 2 is 1.81 bits per heavy atom. The van der Waals surface area contributed by atoms with E-state index in [1.165, 1.54) is 11.5 Å². The van der Waals surface area contributed by atoms with Gasteiger partial charge in [-0.3, -0.25) is 19.3 Å². The predicted molar refractivity (Wildman–Crippen MR) is 98.8 cm³/mol. The van der Waals surface area contributed by atoms with Gasteiger partial charge in [0, 0.05) is 55.3 Å². The number of amides is 1. The minimum atomic E-state index is -1.03. The number of aromatic nitrogens is 1. The molecule has 0 saturated carbocycles. The fourth-order valence-electron chi connectivity index (χ4n) is 3.57. The molecule has 1 aliphatic rings. The minimum absolute atomic E-state index is 0.0331. The lowest BCUT2D eigenvalue weighted by molar-refractivity contribution is -0.145. The molecule has 1 aromatic heterocycles. The van der Waals surface area contributed by atoms with Crippen LogP contribution < -0.4 is 0 Å². The summed E-state index contributed by atoms with van der Waals surface area (Å²) in [7, 11) is 0. The van der Waals surface area contributed by atoms with E-state index >= 15 is 0 Å². The lowest BCUT2D eigenvalue weighted by Crippen LogP contribution is -2.50. The van der Waals surface area contributed by atoms with Gasteiger partial charge in [0.25, 0.3) is 0 Å². The van der Waals surface area contributed by atoms with Crippen LogP contribution in [0.5, 0.6) is 0 Å². The molecule has 0 aliphatic carbocycles. The van der Waals surface area contributed by atoms with Gasteiger partial charge in [-0.1, -0.05) is 17.7 Å². The molecular formula is C18H20ClN3O5. The predicted octanol–water partition coefficient (Wildman–Crippen LogP) is 1.67. The van der Waals surface area contributed by atoms with Crippen LogP contribution in [0.15, 0.2) is 24.4 Å². The van der Waals surface area contributed by atoms with Crippen molar-refractivity contribution in [3.8, 4) is 0 Å². The Hall–Kier alpha value is -2.58. The van der Waals surface area contributed by atoms with Crippen molar-refractivity contribution >= 4 is 40.3 Å². The quantitative estimate of drug-likeness (QED) is 0.801. The third kappa shape index (κ3) is 3.91. The second kappa shape index (κ2) is 7.58. The van der Waals surface area contributed by atoms with Gasteiger partial charge in [-0.25, -0.2) is 0 Å². The van der Waals surface area contributed by atoms with Crippen molar-refractivity contribution in [3.05, 3.63) is 35.0 Å². The topological polar surface area (TPSA) is 103 Å². The maximum absolute atomic E-state index is 12.1. The van der Waals surface area contributed by atoms with Gasteiger partial charge in [0.1, 0.15) is 12.6 Å². The zero-order chi connectivity index (χ0) is 19.7. The van der Waals surface area contributed by atoms with E-state index in [-0.39, 0.29) is 12.5 Å². The Morgan fingerprint density at radius 1 is 1.15 bits per heavy atom. The van der Waals surface area contributed by atoms with Crippen LogP contribution in [0.4, 0.5) is 0 Å². The number of carbonyl (C=O) groups is 3. The number of carboxylic acids is 2. The molecule has 1 aromatic carbocycles. The van der Waals surface area contributed by atoms with Gasteiger partial charge >= 0.3 is 11.9 Å². The van der Waals surface area contributed by atoms with Crippen LogP contribution in [0.1, 0.15) is 18.5 Å². The van der Waals surface area contributed by atoms with Gasteiger partial charge in [0.05, 0.1) is 5.52 Å². The summed E-state index contributed by atoms with van der Waals surface area (Å²) in [5, 5.41) is 20.1. The molecule has 27 heavy (non-hydrogen) atoms. The van der Waals surface area contributed by atoms with Crippen LogP contribution >= 0.6 is 11.6 Å². The summed E-state index contributed by atoms with van der Waals surface area (Å²) in [6.07, 6.45) is 1.57. The molecule has 1 aliphatic heterocycles. The molecule has 2 aromatic rings. The molecule has 2 N–H and O–H groups in total. The fraction of sp³-hybridized carbons (Fsp3) is 0.389. The highest BCUT2D eigenvalue weighted by molar-refractivity contribution is 6.31. The fourth-order valence-corrected chi connectivity index (χ4v) is 3.74. The first-order chi connectivity index (χ1) is 12.8. The lowest BCUT2D eigenvalue weighted by atomic mass is 10.0. The monoisotopic (exact) mass is 393 g/mol. The summed E-state index contributed by atoms with van der Waals surface area (Å²) in [6.45, 7) is 2.97. The number of carboxylic acid groups (broad SMARTS) is 2. The van der Waals surface area contributed by atoms with Crippen molar-refractivity contribution in [1.82, 2.24) is 14.4 Å². The van der Waals surface area contributed by atoms with Crippen molar-refractivity contribution in [1.29, 1.82) is 0 Å². The SMILES string of the molecule is CC(=O)N1CCN([C@H](C(=O)O)c2cn(CC(=O)O)c3cc(Cl)ccc23)CC1. The molecule has 3 rings (SSSR count). The maximum atomic E-state index is 12.1. The van der Waals surface area contributed by atoms with Crippen LogP contribution in [0.3, 0.4) is 0 Å². The van der Waals surface area contributed by atoms with Crippen LogP contribution in [0.2, 0.25) is 5.02 Å². The normalized spacial score (nSPS) is 16.4. The van der Waals surface area contributed by atoms with Gasteiger partial charge in [-0.15, -0.1) is 0 Å². The Morgan fingerprint density at radius 3 is 2.37 bits per heavy atom. The lowest BCUT2D eigenvalue weighted by Gasteiger charge is -2.37. The van der Waals surface area contributed by atoms with E-state index in [0.717, 1.165) is 0 Å². The Balaban J connectivity index is 2.01. The zero-order valence-electron chi connectivity index (χ0n) is 14.8. The van der Waals surface area contributed by atoms with Crippen molar-refractivity contribution < 1.29 is 24.6 Å². The highest BCUT2D eigenvalue weighted by Gasteiger charge is 2.33. The minimum Gasteiger partial charge on any atom is -0.480 e. The molecule has 144 valence electrons. The van der Waals surface area contributed by atoms with Gasteiger partial charge in [0.15, 0.2) is 0 Å². The van der Waals surface area contributed by atoms with E-state index in [1.807, 2.05) is 0 Å². The first kappa shape index (κ1) is 19.2. The maximum Gasteiger partial charge on any atom is 0.325 e. The first-order valence-electron chi connectivity index (χ1n) is 8.50. The van der Waals surface area contributed by atoms with Crippen LogP contribution in [-0.2, 0) is 20.9 Å². The number of piperazine rings is 1. The number of nitrogens with zero attached hydrogens (tertiary/aromatic N) is 3. The largest absolute Gasteiger partial charge is 0.480 e. The number of carbonyl (C=O) groups excluding carboxylic acids is 1. The standard InChI is InChI=1S/C18H20ClN3O5/c1-11(23)20-4-6-21(7-5-20)17(18(26)27)14-9-22(10-16(24)25)15-8-12(19)2-3-13(14)15/h2-3,8-9,17H,4-7,10H2,1H3,(H,24,25)(H,26,27)/t17-/m0/s1. The van der Waals surface area contributed by atoms with Gasteiger partial charge in [-0.2, -0.15) is 0 Å². The second-order valence-electron chi connectivity index (χ2n) is 6.55. The van der Waals surface area contributed by atoms with Crippen LogP contribution in [0.25, 0.3) is 10.9 Å². The van der Waals surface area contributed by atoms with Gasteiger partial charge in [-0.05, 0) is 12.1 Å². The average molecular weight is 394 g/mol. The molecule has 0 spiro atoms. The van der Waals surface area contributed by atoms with Crippen LogP contribution in [-0.4, -0.2) is 68.6 Å². The Bertz CT molecular complexity index is 902. The smallest absolute Gasteiger partial charge is 0.325 e. The molecule has 0 bridgehead atoms. The molecule has 0 radical (unpaired) electrons. The van der Waals surface area contributed by atoms with Crippen molar-refractivity contribution in [3.63, 3.8) is 0 Å². The summed E-state index contributed by atoms with van der Waals surface area (Å²) in [4.78, 5) is 38.3. The summed E-state index contributed by atoms with van der Waals surface area (Å²) in [5.41, 5.74) is 1.10. The molecule has 9 heteroatoms. The Kier molecular flexibility index (Phi) is 5.38. The summed E-state index contributed by atoms with van der Waals surface area (Å²) in [6, 6.07) is 4.08. The molecule has 2 heterocycles. The van der Waals surface area contributed by atoms with Gasteiger partial charge < -0.3 is 19.7 Å².